The fourth-order valence-corrected chi connectivity index (χ4v) is 0. The molecule has 0 aliphatic heterocycles. The molecule has 0 unspecified atom stereocenters. The van der Waals surface area contributed by atoms with Crippen LogP contribution in [0.4, 0.5) is 0 Å². The van der Waals surface area contributed by atoms with Crippen molar-refractivity contribution in [1.82, 2.24) is 0 Å². The minimum Gasteiger partial charge on any atom is -0.291 e. The highest BCUT2D eigenvalue weighted by Gasteiger charge is 1.94. The highest BCUT2D eigenvalue weighted by atomic mass is 16.2. The van der Waals surface area contributed by atoms with Gasteiger partial charge in [-0.1, -0.05) is 0 Å². The minimum absolute atomic E-state index is 0.380. The van der Waals surface area contributed by atoms with Crippen LogP contribution in [0.2, 0.25) is 0 Å². The Bertz CT molecular complexity index is 88.2. The quantitative estimate of drug-likeness (QED) is 0.391. The van der Waals surface area contributed by atoms with E-state index in [1.165, 1.54) is 13.8 Å². The zero-order valence-corrected chi connectivity index (χ0v) is 4.82. The molecule has 0 spiro atoms. The van der Waals surface area contributed by atoms with Crippen LogP contribution in [0.3, 0.4) is 0 Å². The molecule has 0 fully saturated rings. The van der Waals surface area contributed by atoms with Crippen LogP contribution in [0.5, 0.6) is 0 Å². The van der Waals surface area contributed by atoms with Gasteiger partial charge in [0, 0.05) is 13.8 Å². The fourth-order valence-electron chi connectivity index (χ4n) is 0. The maximum Gasteiger partial charge on any atom is 0.195 e. The number of hydrogen-bond acceptors (Lipinski definition) is 4. The van der Waals surface area contributed by atoms with Crippen LogP contribution in [-0.2, 0) is 9.59 Å². The molecular formula is C4H8N2O2. The lowest BCUT2D eigenvalue weighted by Crippen LogP contribution is -2.01. The van der Waals surface area contributed by atoms with E-state index in [4.69, 9.17) is 11.1 Å². The Morgan fingerprint density at radius 1 is 1.00 bits per heavy atom. The predicted octanol–water partition coefficient (Wildman–Crippen LogP) is 0.761. The summed E-state index contributed by atoms with van der Waals surface area (Å²) in [6.45, 7) is 2.50. The highest BCUT2D eigenvalue weighted by molar-refractivity contribution is 6.35. The zero-order chi connectivity index (χ0) is 7.15. The first-order valence-electron chi connectivity index (χ1n) is 1.91. The van der Waals surface area contributed by atoms with Crippen molar-refractivity contribution in [2.45, 2.75) is 13.8 Å². The van der Waals surface area contributed by atoms with Crippen LogP contribution < -0.4 is 0 Å². The largest absolute Gasteiger partial charge is 0.291 e. The van der Waals surface area contributed by atoms with Crippen molar-refractivity contribution in [3.8, 4) is 0 Å². The molecule has 0 aromatic rings. The molecule has 4 heteroatoms. The van der Waals surface area contributed by atoms with E-state index in [1.54, 1.807) is 0 Å². The van der Waals surface area contributed by atoms with Gasteiger partial charge in [0.05, 0.1) is 0 Å². The summed E-state index contributed by atoms with van der Waals surface area (Å²) in [4.78, 5) is 19.6. The fraction of sp³-hybridized carbons (Fsp3) is 0.500. The third kappa shape index (κ3) is 8.87. The van der Waals surface area contributed by atoms with Gasteiger partial charge in [0.2, 0.25) is 0 Å². The lowest BCUT2D eigenvalue weighted by atomic mass is 10.3. The average Bonchev–Trinajstić information content (AvgIpc) is 1.72. The summed E-state index contributed by atoms with van der Waals surface area (Å²) < 4.78 is 0. The molecule has 0 aliphatic carbocycles. The molecule has 0 amide bonds. The summed E-state index contributed by atoms with van der Waals surface area (Å²) in [7, 11) is 0. The molecule has 0 aliphatic rings. The maximum absolute atomic E-state index is 9.79. The van der Waals surface area contributed by atoms with Crippen LogP contribution in [0.25, 0.3) is 0 Å². The summed E-state index contributed by atoms with van der Waals surface area (Å²) in [6.07, 6.45) is 0. The molecule has 2 N–H and O–H groups in total. The molecule has 0 saturated carbocycles. The second-order valence-corrected chi connectivity index (χ2v) is 1.11. The van der Waals surface area contributed by atoms with Crippen LogP contribution >= 0.6 is 0 Å². The van der Waals surface area contributed by atoms with Crippen LogP contribution in [-0.4, -0.2) is 11.6 Å². The second-order valence-electron chi connectivity index (χ2n) is 1.11. The van der Waals surface area contributed by atoms with Gasteiger partial charge in [-0.15, -0.1) is 0 Å². The van der Waals surface area contributed by atoms with Gasteiger partial charge in [0.1, 0.15) is 0 Å². The Balaban J connectivity index is 0. The molecule has 0 radical (unpaired) electrons. The summed E-state index contributed by atoms with van der Waals surface area (Å²) in [5.74, 6) is -0.759. The molecular weight excluding hydrogens is 108 g/mol. The third-order valence-electron chi connectivity index (χ3n) is 0.496. The number of carbonyl (C=O) groups excluding carboxylic acids is 2. The van der Waals surface area contributed by atoms with E-state index >= 15 is 0 Å². The maximum atomic E-state index is 9.79. The number of hydrogen-bond donors (Lipinski definition) is 2. The van der Waals surface area contributed by atoms with Gasteiger partial charge in [0.15, 0.2) is 11.6 Å². The van der Waals surface area contributed by atoms with Gasteiger partial charge in [-0.05, 0) is 0 Å². The van der Waals surface area contributed by atoms with E-state index in [0.717, 1.165) is 0 Å². The Morgan fingerprint density at radius 2 is 1.12 bits per heavy atom. The molecule has 0 rings (SSSR count). The number of carbonyl (C=O) groups is 2. The number of nitrogens with one attached hydrogen (secondary N) is 2. The minimum atomic E-state index is -0.380. The average molecular weight is 116 g/mol. The lowest BCUT2D eigenvalue weighted by Gasteiger charge is -1.73. The van der Waals surface area contributed by atoms with Gasteiger partial charge >= 0.3 is 0 Å². The Morgan fingerprint density at radius 3 is 1.12 bits per heavy atom. The molecule has 0 heterocycles. The molecule has 0 bridgehead atoms. The van der Waals surface area contributed by atoms with Gasteiger partial charge in [-0.3, -0.25) is 9.59 Å². The molecule has 0 saturated heterocycles. The molecule has 0 aromatic heterocycles. The molecule has 0 atom stereocenters. The molecule has 46 valence electrons. The van der Waals surface area contributed by atoms with Gasteiger partial charge in [-0.2, -0.15) is 0 Å². The summed E-state index contributed by atoms with van der Waals surface area (Å²) in [5.41, 5.74) is 10.0. The van der Waals surface area contributed by atoms with E-state index in [-0.39, 0.29) is 11.6 Å². The standard InChI is InChI=1S/C4H6O2.H2N2/c1-3(5)4(2)6;1-2/h1-2H3;1-2H. The van der Waals surface area contributed by atoms with Crippen LogP contribution in [0.1, 0.15) is 13.8 Å². The van der Waals surface area contributed by atoms with Crippen molar-refractivity contribution in [3.05, 3.63) is 0 Å². The first kappa shape index (κ1) is 10.0. The first-order chi connectivity index (χ1) is 3.64. The monoisotopic (exact) mass is 116 g/mol. The zero-order valence-electron chi connectivity index (χ0n) is 4.82. The van der Waals surface area contributed by atoms with Crippen molar-refractivity contribution in [3.63, 3.8) is 0 Å². The molecule has 4 nitrogen and oxygen atoms in total. The topological polar surface area (TPSA) is 81.8 Å². The Hall–Kier alpha value is -1.06. The van der Waals surface area contributed by atoms with Crippen molar-refractivity contribution in [1.29, 1.82) is 11.1 Å². The van der Waals surface area contributed by atoms with E-state index in [9.17, 15) is 9.59 Å². The SMILES string of the molecule is CC(=O)C(C)=O.N=N. The first-order valence-corrected chi connectivity index (χ1v) is 1.91. The summed E-state index contributed by atoms with van der Waals surface area (Å²) >= 11 is 0. The summed E-state index contributed by atoms with van der Waals surface area (Å²) in [6, 6.07) is 0. The smallest absolute Gasteiger partial charge is 0.195 e. The van der Waals surface area contributed by atoms with Crippen molar-refractivity contribution in [2.75, 3.05) is 0 Å². The van der Waals surface area contributed by atoms with Crippen LogP contribution in [0, 0.1) is 11.1 Å². The van der Waals surface area contributed by atoms with Crippen molar-refractivity contribution >= 4 is 11.6 Å². The lowest BCUT2D eigenvalue weighted by molar-refractivity contribution is -0.134. The summed E-state index contributed by atoms with van der Waals surface area (Å²) in [5, 5.41) is 0. The number of ketones is 2. The van der Waals surface area contributed by atoms with Gasteiger partial charge in [-0.25, -0.2) is 11.1 Å². The van der Waals surface area contributed by atoms with Crippen molar-refractivity contribution < 1.29 is 9.59 Å². The van der Waals surface area contributed by atoms with Gasteiger partial charge in [0.25, 0.3) is 0 Å². The second kappa shape index (κ2) is 5.94. The van der Waals surface area contributed by atoms with Crippen molar-refractivity contribution in [2.24, 2.45) is 0 Å². The normalized spacial score (nSPS) is 6.25. The Kier molecular flexibility index (Phi) is 7.45. The van der Waals surface area contributed by atoms with E-state index in [2.05, 4.69) is 0 Å². The molecule has 0 aromatic carbocycles. The number of Topliss-reactive ketones (excluding diaryl/α,β-unsaturated/α-hetero) is 2. The number of rotatable bonds is 1. The highest BCUT2D eigenvalue weighted by Crippen LogP contribution is 1.66. The predicted molar refractivity (Wildman–Crippen MR) is 26.8 cm³/mol. The van der Waals surface area contributed by atoms with E-state index in [1.807, 2.05) is 0 Å². The molecule has 8 heavy (non-hydrogen) atoms. The van der Waals surface area contributed by atoms with E-state index in [0.29, 0.717) is 0 Å². The third-order valence-corrected chi connectivity index (χ3v) is 0.496. The van der Waals surface area contributed by atoms with E-state index < -0.39 is 0 Å². The Labute approximate surface area is 47.2 Å². The van der Waals surface area contributed by atoms with Gasteiger partial charge < -0.3 is 0 Å². The van der Waals surface area contributed by atoms with Crippen LogP contribution in [0.15, 0.2) is 0 Å².